The van der Waals surface area contributed by atoms with Crippen LogP contribution in [0.5, 0.6) is 0 Å². The Kier molecular flexibility index (Phi) is 8.63. The number of hydrogen-bond donors (Lipinski definition) is 1. The zero-order chi connectivity index (χ0) is 26.4. The van der Waals surface area contributed by atoms with Crippen molar-refractivity contribution in [3.05, 3.63) is 77.0 Å². The van der Waals surface area contributed by atoms with Crippen LogP contribution in [0.2, 0.25) is 0 Å². The van der Waals surface area contributed by atoms with Crippen LogP contribution < -0.4 is 5.32 Å². The highest BCUT2D eigenvalue weighted by Crippen LogP contribution is 2.33. The molecular formula is C32H41N3O2. The van der Waals surface area contributed by atoms with Gasteiger partial charge in [0.15, 0.2) is 5.78 Å². The van der Waals surface area contributed by atoms with Crippen LogP contribution in [0.3, 0.4) is 0 Å². The maximum atomic E-state index is 13.4. The molecule has 0 bridgehead atoms. The van der Waals surface area contributed by atoms with E-state index in [2.05, 4.69) is 63.3 Å². The molecule has 5 nitrogen and oxygen atoms in total. The van der Waals surface area contributed by atoms with Gasteiger partial charge in [0.2, 0.25) is 0 Å². The molecule has 1 saturated heterocycles. The van der Waals surface area contributed by atoms with E-state index in [0.29, 0.717) is 18.8 Å². The predicted octanol–water partition coefficient (Wildman–Crippen LogP) is 7.13. The molecule has 5 heteroatoms. The van der Waals surface area contributed by atoms with Crippen molar-refractivity contribution in [3.8, 4) is 0 Å². The summed E-state index contributed by atoms with van der Waals surface area (Å²) in [5.41, 5.74) is 5.11. The quantitative estimate of drug-likeness (QED) is 0.265. The molecule has 1 aliphatic heterocycles. The van der Waals surface area contributed by atoms with Crippen molar-refractivity contribution in [2.45, 2.75) is 72.1 Å². The number of aromatic nitrogens is 1. The maximum Gasteiger partial charge on any atom is 0.317 e. The number of Topliss-reactive ketones (excluding diaryl/α,β-unsaturated/α-hetero) is 1. The highest BCUT2D eigenvalue weighted by atomic mass is 16.2. The van der Waals surface area contributed by atoms with Gasteiger partial charge in [-0.05, 0) is 65.8 Å². The van der Waals surface area contributed by atoms with E-state index in [1.807, 2.05) is 23.1 Å². The number of likely N-dealkylation sites (tertiary alicyclic amines) is 1. The number of ketones is 1. The Balaban J connectivity index is 1.62. The average Bonchev–Trinajstić information content (AvgIpc) is 2.88. The van der Waals surface area contributed by atoms with Gasteiger partial charge in [-0.1, -0.05) is 70.5 Å². The predicted molar refractivity (Wildman–Crippen MR) is 151 cm³/mol. The number of carbonyl (C=O) groups is 2. The van der Waals surface area contributed by atoms with Crippen LogP contribution >= 0.6 is 0 Å². The van der Waals surface area contributed by atoms with Crippen molar-refractivity contribution < 1.29 is 9.59 Å². The Morgan fingerprint density at radius 1 is 1.05 bits per heavy atom. The number of fused-ring (bicyclic) bond motifs is 1. The fourth-order valence-electron chi connectivity index (χ4n) is 5.23. The Labute approximate surface area is 221 Å². The molecule has 4 rings (SSSR count). The minimum atomic E-state index is -0.0886. The number of carbonyl (C=O) groups excluding carboxylic acids is 2. The minimum Gasteiger partial charge on any atom is -0.338 e. The zero-order valence-electron chi connectivity index (χ0n) is 22.8. The summed E-state index contributed by atoms with van der Waals surface area (Å²) >= 11 is 0. The van der Waals surface area contributed by atoms with E-state index in [1.165, 1.54) is 11.1 Å². The normalized spacial score (nSPS) is 14.6. The number of pyridine rings is 1. The molecule has 0 saturated carbocycles. The molecule has 37 heavy (non-hydrogen) atoms. The van der Waals surface area contributed by atoms with E-state index >= 15 is 0 Å². The van der Waals surface area contributed by atoms with E-state index in [-0.39, 0.29) is 17.2 Å². The fraction of sp³-hybridized carbons (Fsp3) is 0.469. The second-order valence-electron chi connectivity index (χ2n) is 11.6. The molecule has 1 aromatic heterocycles. The second-order valence-corrected chi connectivity index (χ2v) is 11.6. The first-order valence-electron chi connectivity index (χ1n) is 13.8. The van der Waals surface area contributed by atoms with Crippen molar-refractivity contribution in [1.82, 2.24) is 15.2 Å². The van der Waals surface area contributed by atoms with Gasteiger partial charge in [-0.2, -0.15) is 0 Å². The van der Waals surface area contributed by atoms with Gasteiger partial charge in [-0.3, -0.25) is 9.78 Å². The lowest BCUT2D eigenvalue weighted by Gasteiger charge is -2.32. The highest BCUT2D eigenvalue weighted by molar-refractivity contribution is 6.02. The lowest BCUT2D eigenvalue weighted by molar-refractivity contribution is 0.0939. The summed E-state index contributed by atoms with van der Waals surface area (Å²) in [6, 6.07) is 17.0. The number of unbranched alkanes of at least 4 members (excludes halogenated alkanes) is 1. The van der Waals surface area contributed by atoms with E-state index in [9.17, 15) is 9.59 Å². The lowest BCUT2D eigenvalue weighted by Crippen LogP contribution is -2.44. The largest absolute Gasteiger partial charge is 0.338 e. The first-order chi connectivity index (χ1) is 17.7. The van der Waals surface area contributed by atoms with Crippen LogP contribution in [0, 0.1) is 5.41 Å². The number of urea groups is 1. The van der Waals surface area contributed by atoms with Gasteiger partial charge in [-0.25, -0.2) is 4.79 Å². The van der Waals surface area contributed by atoms with Crippen molar-refractivity contribution in [1.29, 1.82) is 0 Å². The molecule has 0 atom stereocenters. The number of hydrogen-bond acceptors (Lipinski definition) is 3. The molecule has 3 aromatic rings. The second kappa shape index (κ2) is 11.9. The minimum absolute atomic E-state index is 0.0572. The Morgan fingerprint density at radius 2 is 1.78 bits per heavy atom. The van der Waals surface area contributed by atoms with E-state index in [1.54, 1.807) is 6.20 Å². The van der Waals surface area contributed by atoms with Crippen LogP contribution in [0.4, 0.5) is 4.79 Å². The lowest BCUT2D eigenvalue weighted by atomic mass is 9.84. The molecule has 2 aromatic carbocycles. The van der Waals surface area contributed by atoms with E-state index < -0.39 is 0 Å². The zero-order valence-corrected chi connectivity index (χ0v) is 22.8. The van der Waals surface area contributed by atoms with Crippen LogP contribution in [-0.2, 0) is 6.42 Å². The summed E-state index contributed by atoms with van der Waals surface area (Å²) < 4.78 is 0. The molecule has 1 fully saturated rings. The third-order valence-corrected chi connectivity index (χ3v) is 7.28. The van der Waals surface area contributed by atoms with Crippen molar-refractivity contribution in [2.24, 2.45) is 5.41 Å². The molecule has 1 aliphatic rings. The number of nitrogens with one attached hydrogen (secondary N) is 1. The summed E-state index contributed by atoms with van der Waals surface area (Å²) in [6.07, 6.45) is 6.94. The topological polar surface area (TPSA) is 62.3 Å². The monoisotopic (exact) mass is 499 g/mol. The van der Waals surface area contributed by atoms with Gasteiger partial charge in [0.1, 0.15) is 0 Å². The average molecular weight is 500 g/mol. The SMILES string of the molecule is CCCCNC(=O)N1CCC(c2ccc3ncc(C(=O)CC(C)(C)C)c(Cc4ccccc4)c3c2)CC1. The molecule has 2 heterocycles. The number of amides is 2. The molecule has 2 amide bonds. The first-order valence-corrected chi connectivity index (χ1v) is 13.8. The van der Waals surface area contributed by atoms with Gasteiger partial charge in [-0.15, -0.1) is 0 Å². The Hall–Kier alpha value is -3.21. The summed E-state index contributed by atoms with van der Waals surface area (Å²) in [5.74, 6) is 0.545. The van der Waals surface area contributed by atoms with Crippen LogP contribution in [0.15, 0.2) is 54.7 Å². The smallest absolute Gasteiger partial charge is 0.317 e. The number of benzene rings is 2. The molecule has 1 N–H and O–H groups in total. The Bertz CT molecular complexity index is 1220. The third kappa shape index (κ3) is 6.97. The van der Waals surface area contributed by atoms with Crippen molar-refractivity contribution >= 4 is 22.7 Å². The number of nitrogens with zero attached hydrogens (tertiary/aromatic N) is 2. The third-order valence-electron chi connectivity index (χ3n) is 7.28. The number of rotatable bonds is 8. The van der Waals surface area contributed by atoms with Gasteiger partial charge in [0, 0.05) is 43.2 Å². The standard InChI is InChI=1S/C32H41N3O2/c1-5-6-16-33-31(37)35-17-14-24(15-18-35)25-12-13-29-27(20-25)26(19-23-10-8-7-9-11-23)28(22-34-29)30(36)21-32(2,3)4/h7-13,20,22,24H,5-6,14-19,21H2,1-4H3,(H,33,37). The first kappa shape index (κ1) is 26.8. The molecular weight excluding hydrogens is 458 g/mol. The molecule has 0 aliphatic carbocycles. The molecule has 0 radical (unpaired) electrons. The van der Waals surface area contributed by atoms with Gasteiger partial charge < -0.3 is 10.2 Å². The van der Waals surface area contributed by atoms with Crippen LogP contribution in [0.25, 0.3) is 10.9 Å². The number of piperidine rings is 1. The summed E-state index contributed by atoms with van der Waals surface area (Å²) in [5, 5.41) is 4.11. The summed E-state index contributed by atoms with van der Waals surface area (Å²) in [7, 11) is 0. The maximum absolute atomic E-state index is 13.4. The van der Waals surface area contributed by atoms with Crippen molar-refractivity contribution in [2.75, 3.05) is 19.6 Å². The van der Waals surface area contributed by atoms with Crippen LogP contribution in [-0.4, -0.2) is 41.3 Å². The molecule has 0 unspecified atom stereocenters. The summed E-state index contributed by atoms with van der Waals surface area (Å²) in [6.45, 7) is 10.7. The molecule has 196 valence electrons. The van der Waals surface area contributed by atoms with Crippen LogP contribution in [0.1, 0.15) is 92.8 Å². The fourth-order valence-corrected chi connectivity index (χ4v) is 5.23. The molecule has 0 spiro atoms. The van der Waals surface area contributed by atoms with E-state index in [4.69, 9.17) is 4.98 Å². The van der Waals surface area contributed by atoms with E-state index in [0.717, 1.165) is 67.3 Å². The van der Waals surface area contributed by atoms with Crippen molar-refractivity contribution in [3.63, 3.8) is 0 Å². The van der Waals surface area contributed by atoms with Gasteiger partial charge in [0.25, 0.3) is 0 Å². The van der Waals surface area contributed by atoms with Gasteiger partial charge >= 0.3 is 6.03 Å². The Morgan fingerprint density at radius 3 is 2.46 bits per heavy atom. The van der Waals surface area contributed by atoms with Gasteiger partial charge in [0.05, 0.1) is 5.52 Å². The summed E-state index contributed by atoms with van der Waals surface area (Å²) in [4.78, 5) is 32.5. The highest BCUT2D eigenvalue weighted by Gasteiger charge is 2.25.